The number of rotatable bonds is 4. The third-order valence-corrected chi connectivity index (χ3v) is 3.94. The van der Waals surface area contributed by atoms with Crippen LogP contribution >= 0.6 is 0 Å². The Hall–Kier alpha value is -2.73. The molecular weight excluding hydrogens is 314 g/mol. The van der Waals surface area contributed by atoms with E-state index in [1.807, 2.05) is 36.0 Å². The Kier molecular flexibility index (Phi) is 4.31. The van der Waals surface area contributed by atoms with Crippen molar-refractivity contribution in [2.24, 2.45) is 7.05 Å². The lowest BCUT2D eigenvalue weighted by Crippen LogP contribution is -2.29. The quantitative estimate of drug-likeness (QED) is 0.773. The second-order valence-corrected chi connectivity index (χ2v) is 5.57. The fraction of sp³-hybridized carbons (Fsp3) is 0.167. The highest BCUT2D eigenvalue weighted by atomic mass is 19.1. The Labute approximate surface area is 137 Å². The number of fused-ring (bicyclic) bond motifs is 1. The molecule has 2 aromatic carbocycles. The maximum absolute atomic E-state index is 13.6. The average Bonchev–Trinajstić information content (AvgIpc) is 2.93. The molecule has 1 heterocycles. The number of benzene rings is 2. The minimum absolute atomic E-state index is 0.148. The summed E-state index contributed by atoms with van der Waals surface area (Å²) in [6, 6.07) is 10.6. The predicted octanol–water partition coefficient (Wildman–Crippen LogP) is 2.92. The third kappa shape index (κ3) is 3.00. The summed E-state index contributed by atoms with van der Waals surface area (Å²) in [5.41, 5.74) is 0.981. The normalized spacial score (nSPS) is 12.3. The molecule has 3 rings (SSSR count). The molecule has 0 aliphatic heterocycles. The first-order chi connectivity index (χ1) is 11.5. The lowest BCUT2D eigenvalue weighted by atomic mass is 10.1. The van der Waals surface area contributed by atoms with Crippen LogP contribution in [0.15, 0.2) is 48.7 Å². The fourth-order valence-corrected chi connectivity index (χ4v) is 2.62. The number of aliphatic hydroxyl groups excluding tert-OH is 1. The van der Waals surface area contributed by atoms with E-state index in [1.165, 1.54) is 6.07 Å². The Morgan fingerprint density at radius 1 is 1.21 bits per heavy atom. The maximum Gasteiger partial charge on any atom is 0.257 e. The van der Waals surface area contributed by atoms with Gasteiger partial charge in [-0.2, -0.15) is 0 Å². The zero-order valence-corrected chi connectivity index (χ0v) is 13.0. The van der Waals surface area contributed by atoms with Gasteiger partial charge in [-0.25, -0.2) is 8.78 Å². The molecule has 1 amide bonds. The summed E-state index contributed by atoms with van der Waals surface area (Å²) >= 11 is 0. The van der Waals surface area contributed by atoms with Crippen LogP contribution in [0.5, 0.6) is 0 Å². The van der Waals surface area contributed by atoms with E-state index in [4.69, 9.17) is 0 Å². The van der Waals surface area contributed by atoms with Crippen LogP contribution in [-0.4, -0.2) is 22.1 Å². The number of carbonyl (C=O) groups excluding carboxylic acids is 1. The van der Waals surface area contributed by atoms with Crippen LogP contribution in [0.3, 0.4) is 0 Å². The van der Waals surface area contributed by atoms with Gasteiger partial charge in [0.15, 0.2) is 0 Å². The fourth-order valence-electron chi connectivity index (χ4n) is 2.62. The van der Waals surface area contributed by atoms with Gasteiger partial charge >= 0.3 is 0 Å². The minimum Gasteiger partial charge on any atom is -0.387 e. The lowest BCUT2D eigenvalue weighted by molar-refractivity contribution is 0.0908. The molecule has 1 aromatic heterocycles. The predicted molar refractivity (Wildman–Crippen MR) is 86.6 cm³/mol. The third-order valence-electron chi connectivity index (χ3n) is 3.94. The van der Waals surface area contributed by atoms with Gasteiger partial charge in [-0.1, -0.05) is 12.1 Å². The first kappa shape index (κ1) is 16.1. The maximum atomic E-state index is 13.6. The van der Waals surface area contributed by atoms with Crippen LogP contribution in [0.4, 0.5) is 8.78 Å². The topological polar surface area (TPSA) is 54.3 Å². The molecule has 0 spiro atoms. The van der Waals surface area contributed by atoms with Crippen molar-refractivity contribution in [3.63, 3.8) is 0 Å². The Balaban J connectivity index is 1.72. The molecule has 0 saturated heterocycles. The van der Waals surface area contributed by atoms with Gasteiger partial charge in [-0.15, -0.1) is 0 Å². The molecule has 3 aromatic rings. The van der Waals surface area contributed by atoms with E-state index in [0.717, 1.165) is 23.0 Å². The van der Waals surface area contributed by atoms with Crippen LogP contribution in [0, 0.1) is 11.6 Å². The largest absolute Gasteiger partial charge is 0.387 e. The molecule has 0 saturated carbocycles. The zero-order chi connectivity index (χ0) is 17.3. The zero-order valence-electron chi connectivity index (χ0n) is 13.0. The molecule has 6 heteroatoms. The Morgan fingerprint density at radius 3 is 2.62 bits per heavy atom. The number of nitrogens with one attached hydrogen (secondary N) is 1. The lowest BCUT2D eigenvalue weighted by Gasteiger charge is -2.13. The molecule has 0 aliphatic rings. The summed E-state index contributed by atoms with van der Waals surface area (Å²) in [4.78, 5) is 11.9. The van der Waals surface area contributed by atoms with E-state index in [-0.39, 0.29) is 6.54 Å². The van der Waals surface area contributed by atoms with Gasteiger partial charge < -0.3 is 15.0 Å². The number of hydrogen-bond donors (Lipinski definition) is 2. The molecule has 1 atom stereocenters. The van der Waals surface area contributed by atoms with Crippen LogP contribution < -0.4 is 5.32 Å². The highest BCUT2D eigenvalue weighted by Crippen LogP contribution is 2.21. The minimum atomic E-state index is -0.978. The monoisotopic (exact) mass is 330 g/mol. The second-order valence-electron chi connectivity index (χ2n) is 5.57. The summed E-state index contributed by atoms with van der Waals surface area (Å²) in [6.07, 6.45) is 0.928. The van der Waals surface area contributed by atoms with E-state index < -0.39 is 29.2 Å². The van der Waals surface area contributed by atoms with Gasteiger partial charge in [0, 0.05) is 25.3 Å². The van der Waals surface area contributed by atoms with E-state index in [2.05, 4.69) is 5.32 Å². The summed E-state index contributed by atoms with van der Waals surface area (Å²) in [5.74, 6) is -2.77. The van der Waals surface area contributed by atoms with Crippen LogP contribution in [0.25, 0.3) is 10.9 Å². The van der Waals surface area contributed by atoms with Crippen molar-refractivity contribution in [2.75, 3.05) is 6.54 Å². The highest BCUT2D eigenvalue weighted by molar-refractivity contribution is 5.94. The summed E-state index contributed by atoms with van der Waals surface area (Å²) in [5, 5.41) is 13.5. The van der Waals surface area contributed by atoms with Crippen molar-refractivity contribution in [1.82, 2.24) is 9.88 Å². The van der Waals surface area contributed by atoms with Gasteiger partial charge in [-0.3, -0.25) is 4.79 Å². The number of hydrogen-bond acceptors (Lipinski definition) is 2. The number of carbonyl (C=O) groups is 1. The van der Waals surface area contributed by atoms with E-state index in [0.29, 0.717) is 5.56 Å². The SMILES string of the molecule is Cn1ccc2cc(C(O)CNC(=O)c3c(F)cccc3F)ccc21. The van der Waals surface area contributed by atoms with Crippen molar-refractivity contribution in [3.8, 4) is 0 Å². The van der Waals surface area contributed by atoms with Crippen LogP contribution in [-0.2, 0) is 7.05 Å². The molecule has 0 radical (unpaired) electrons. The molecule has 0 fully saturated rings. The first-order valence-electron chi connectivity index (χ1n) is 7.42. The summed E-state index contributed by atoms with van der Waals surface area (Å²) < 4.78 is 29.1. The standard InChI is InChI=1S/C18H16F2N2O2/c1-22-8-7-11-9-12(5-6-15(11)22)16(23)10-21-18(24)17-13(19)3-2-4-14(17)20/h2-9,16,23H,10H2,1H3,(H,21,24). The van der Waals surface area contributed by atoms with Crippen molar-refractivity contribution in [3.05, 3.63) is 71.4 Å². The molecule has 0 aliphatic carbocycles. The van der Waals surface area contributed by atoms with Gasteiger partial charge in [-0.05, 0) is 41.3 Å². The van der Waals surface area contributed by atoms with Crippen molar-refractivity contribution in [2.45, 2.75) is 6.10 Å². The van der Waals surface area contributed by atoms with E-state index >= 15 is 0 Å². The molecule has 2 N–H and O–H groups in total. The van der Waals surface area contributed by atoms with Crippen LogP contribution in [0.1, 0.15) is 22.0 Å². The molecular formula is C18H16F2N2O2. The number of halogens is 2. The van der Waals surface area contributed by atoms with Crippen molar-refractivity contribution < 1.29 is 18.7 Å². The Bertz CT molecular complexity index is 885. The first-order valence-corrected chi connectivity index (χ1v) is 7.42. The van der Waals surface area contributed by atoms with E-state index in [1.54, 1.807) is 6.07 Å². The molecule has 24 heavy (non-hydrogen) atoms. The molecule has 0 bridgehead atoms. The van der Waals surface area contributed by atoms with Gasteiger partial charge in [0.25, 0.3) is 5.91 Å². The average molecular weight is 330 g/mol. The molecule has 4 nitrogen and oxygen atoms in total. The van der Waals surface area contributed by atoms with Gasteiger partial charge in [0.05, 0.1) is 6.10 Å². The number of aliphatic hydroxyl groups is 1. The van der Waals surface area contributed by atoms with E-state index in [9.17, 15) is 18.7 Å². The van der Waals surface area contributed by atoms with Gasteiger partial charge in [0.1, 0.15) is 17.2 Å². The Morgan fingerprint density at radius 2 is 1.92 bits per heavy atom. The highest BCUT2D eigenvalue weighted by Gasteiger charge is 2.18. The summed E-state index contributed by atoms with van der Waals surface area (Å²) in [6.45, 7) is -0.148. The van der Waals surface area contributed by atoms with Crippen LogP contribution in [0.2, 0.25) is 0 Å². The van der Waals surface area contributed by atoms with Gasteiger partial charge in [0.2, 0.25) is 0 Å². The number of aromatic nitrogens is 1. The number of aryl methyl sites for hydroxylation is 1. The second kappa shape index (κ2) is 6.41. The van der Waals surface area contributed by atoms with Crippen molar-refractivity contribution in [1.29, 1.82) is 0 Å². The van der Waals surface area contributed by atoms with Crippen molar-refractivity contribution >= 4 is 16.8 Å². The molecule has 124 valence electrons. The smallest absolute Gasteiger partial charge is 0.257 e. The number of nitrogens with zero attached hydrogens (tertiary/aromatic N) is 1. The summed E-state index contributed by atoms with van der Waals surface area (Å²) in [7, 11) is 1.92. The number of amides is 1. The molecule has 1 unspecified atom stereocenters.